The normalized spacial score (nSPS) is 19.4. The van der Waals surface area contributed by atoms with Crippen LogP contribution in [-0.4, -0.2) is 30.7 Å². The van der Waals surface area contributed by atoms with Gasteiger partial charge in [-0.15, -0.1) is 0 Å². The van der Waals surface area contributed by atoms with Crippen LogP contribution in [0.1, 0.15) is 13.3 Å². The van der Waals surface area contributed by atoms with Gasteiger partial charge >= 0.3 is 5.97 Å². The van der Waals surface area contributed by atoms with Crippen molar-refractivity contribution in [2.45, 2.75) is 13.3 Å². The highest BCUT2D eigenvalue weighted by Gasteiger charge is 2.25. The molecule has 1 heterocycles. The number of cyclic esters (lactones) is 1. The monoisotopic (exact) mass is 195 g/mol. The van der Waals surface area contributed by atoms with Crippen molar-refractivity contribution in [2.75, 3.05) is 14.1 Å². The van der Waals surface area contributed by atoms with E-state index in [2.05, 4.69) is 0 Å². The Labute approximate surface area is 82.8 Å². The number of rotatable bonds is 2. The Morgan fingerprint density at radius 2 is 2.07 bits per heavy atom. The summed E-state index contributed by atoms with van der Waals surface area (Å²) >= 11 is 0. The molecule has 0 amide bonds. The van der Waals surface area contributed by atoms with Crippen molar-refractivity contribution in [2.24, 2.45) is 0 Å². The summed E-state index contributed by atoms with van der Waals surface area (Å²) in [6, 6.07) is 0. The maximum Gasteiger partial charge on any atom is 0.348 e. The summed E-state index contributed by atoms with van der Waals surface area (Å²) in [6.45, 7) is 1.83. The van der Waals surface area contributed by atoms with E-state index < -0.39 is 5.97 Å². The molecule has 4 heteroatoms. The van der Waals surface area contributed by atoms with Crippen molar-refractivity contribution in [3.63, 3.8) is 0 Å². The molecule has 0 aromatic carbocycles. The Hall–Kier alpha value is -1.58. The van der Waals surface area contributed by atoms with Crippen LogP contribution in [0.2, 0.25) is 0 Å². The predicted molar refractivity (Wildman–Crippen MR) is 51.2 cm³/mol. The zero-order valence-corrected chi connectivity index (χ0v) is 8.53. The molecule has 1 aliphatic rings. The van der Waals surface area contributed by atoms with Crippen molar-refractivity contribution in [1.29, 1.82) is 0 Å². The molecule has 0 bridgehead atoms. The molecular formula is C10H13NO3. The van der Waals surface area contributed by atoms with Gasteiger partial charge in [0.2, 0.25) is 0 Å². The van der Waals surface area contributed by atoms with Crippen LogP contribution in [0.3, 0.4) is 0 Å². The maximum atomic E-state index is 11.4. The van der Waals surface area contributed by atoms with Gasteiger partial charge in [-0.2, -0.15) is 0 Å². The fourth-order valence-corrected chi connectivity index (χ4v) is 1.08. The zero-order valence-electron chi connectivity index (χ0n) is 8.53. The van der Waals surface area contributed by atoms with Crippen molar-refractivity contribution >= 4 is 11.8 Å². The molecule has 14 heavy (non-hydrogen) atoms. The Bertz CT molecular complexity index is 326. The van der Waals surface area contributed by atoms with Crippen LogP contribution >= 0.6 is 0 Å². The first-order valence-corrected chi connectivity index (χ1v) is 4.40. The van der Waals surface area contributed by atoms with Gasteiger partial charge in [0.25, 0.3) is 0 Å². The lowest BCUT2D eigenvalue weighted by Gasteiger charge is -2.15. The molecule has 4 nitrogen and oxygen atoms in total. The number of esters is 1. The number of allylic oxidation sites excluding steroid dienone is 2. The summed E-state index contributed by atoms with van der Waals surface area (Å²) in [6.07, 6.45) is 3.37. The van der Waals surface area contributed by atoms with Crippen LogP contribution in [0.25, 0.3) is 0 Å². The molecule has 0 radical (unpaired) electrons. The van der Waals surface area contributed by atoms with E-state index in [4.69, 9.17) is 4.74 Å². The minimum absolute atomic E-state index is 0.0761. The van der Waals surface area contributed by atoms with Crippen molar-refractivity contribution in [3.05, 3.63) is 23.6 Å². The smallest absolute Gasteiger partial charge is 0.348 e. The third kappa shape index (κ3) is 2.22. The molecule has 0 aromatic rings. The topological polar surface area (TPSA) is 46.6 Å². The van der Waals surface area contributed by atoms with E-state index in [9.17, 15) is 9.59 Å². The molecule has 76 valence electrons. The Morgan fingerprint density at radius 3 is 2.50 bits per heavy atom. The van der Waals surface area contributed by atoms with Crippen LogP contribution in [0, 0.1) is 0 Å². The lowest BCUT2D eigenvalue weighted by atomic mass is 10.1. The van der Waals surface area contributed by atoms with Crippen molar-refractivity contribution in [1.82, 2.24) is 4.90 Å². The van der Waals surface area contributed by atoms with Crippen LogP contribution in [0.4, 0.5) is 0 Å². The van der Waals surface area contributed by atoms with E-state index in [0.717, 1.165) is 0 Å². The van der Waals surface area contributed by atoms with Crippen LogP contribution in [-0.2, 0) is 14.3 Å². The van der Waals surface area contributed by atoms with Crippen molar-refractivity contribution in [3.8, 4) is 0 Å². The summed E-state index contributed by atoms with van der Waals surface area (Å²) in [7, 11) is 3.49. The van der Waals surface area contributed by atoms with Gasteiger partial charge in [-0.25, -0.2) is 4.79 Å². The van der Waals surface area contributed by atoms with Gasteiger partial charge in [-0.3, -0.25) is 4.79 Å². The first kappa shape index (κ1) is 10.5. The van der Waals surface area contributed by atoms with E-state index in [1.807, 2.05) is 6.92 Å². The van der Waals surface area contributed by atoms with E-state index in [0.29, 0.717) is 12.2 Å². The zero-order chi connectivity index (χ0) is 10.7. The van der Waals surface area contributed by atoms with Crippen molar-refractivity contribution < 1.29 is 14.3 Å². The Morgan fingerprint density at radius 1 is 1.43 bits per heavy atom. The van der Waals surface area contributed by atoms with Gasteiger partial charge in [0.1, 0.15) is 11.3 Å². The SMILES string of the molecule is CCC1=CC(=O)C(=CN(C)C)C(=O)O1. The number of nitrogens with zero attached hydrogens (tertiary/aromatic N) is 1. The summed E-state index contributed by atoms with van der Waals surface area (Å²) in [5.74, 6) is -0.425. The Balaban J connectivity index is 2.98. The molecule has 0 atom stereocenters. The molecule has 0 saturated carbocycles. The van der Waals surface area contributed by atoms with E-state index >= 15 is 0 Å². The molecule has 0 unspecified atom stereocenters. The third-order valence-electron chi connectivity index (χ3n) is 1.74. The molecule has 0 fully saturated rings. The molecular weight excluding hydrogens is 182 g/mol. The second-order valence-corrected chi connectivity index (χ2v) is 3.22. The maximum absolute atomic E-state index is 11.4. The summed E-state index contributed by atoms with van der Waals surface area (Å²) in [5.41, 5.74) is 0.0761. The van der Waals surface area contributed by atoms with E-state index in [1.54, 1.807) is 19.0 Å². The highest BCUT2D eigenvalue weighted by atomic mass is 16.5. The minimum atomic E-state index is -0.567. The number of ether oxygens (including phenoxy) is 1. The highest BCUT2D eigenvalue weighted by Crippen LogP contribution is 2.16. The quantitative estimate of drug-likeness (QED) is 0.372. The highest BCUT2D eigenvalue weighted by molar-refractivity contribution is 6.23. The number of carbonyl (C=O) groups is 2. The number of ketones is 1. The van der Waals surface area contributed by atoms with Gasteiger partial charge in [-0.05, 0) is 0 Å². The average Bonchev–Trinajstić information content (AvgIpc) is 2.10. The lowest BCUT2D eigenvalue weighted by molar-refractivity contribution is -0.137. The van der Waals surface area contributed by atoms with Gasteiger partial charge in [0, 0.05) is 32.8 Å². The first-order valence-electron chi connectivity index (χ1n) is 4.40. The van der Waals surface area contributed by atoms with Crippen LogP contribution in [0.15, 0.2) is 23.6 Å². The minimum Gasteiger partial charge on any atom is -0.427 e. The summed E-state index contributed by atoms with van der Waals surface area (Å²) < 4.78 is 4.93. The molecule has 0 aromatic heterocycles. The molecule has 0 N–H and O–H groups in total. The van der Waals surface area contributed by atoms with E-state index in [1.165, 1.54) is 12.3 Å². The average molecular weight is 195 g/mol. The summed E-state index contributed by atoms with van der Waals surface area (Å²) in [4.78, 5) is 24.4. The largest absolute Gasteiger partial charge is 0.427 e. The fraction of sp³-hybridized carbons (Fsp3) is 0.400. The van der Waals surface area contributed by atoms with Crippen LogP contribution < -0.4 is 0 Å². The second kappa shape index (κ2) is 4.09. The third-order valence-corrected chi connectivity index (χ3v) is 1.74. The number of hydrogen-bond acceptors (Lipinski definition) is 4. The number of carbonyl (C=O) groups excluding carboxylic acids is 2. The van der Waals surface area contributed by atoms with Gasteiger partial charge in [0.05, 0.1) is 0 Å². The molecule has 1 rings (SSSR count). The van der Waals surface area contributed by atoms with Gasteiger partial charge in [0.15, 0.2) is 5.78 Å². The second-order valence-electron chi connectivity index (χ2n) is 3.22. The van der Waals surface area contributed by atoms with Gasteiger partial charge in [-0.1, -0.05) is 6.92 Å². The number of hydrogen-bond donors (Lipinski definition) is 0. The lowest BCUT2D eigenvalue weighted by Crippen LogP contribution is -2.22. The molecule has 0 aliphatic carbocycles. The molecule has 0 spiro atoms. The summed E-state index contributed by atoms with van der Waals surface area (Å²) in [5, 5.41) is 0. The first-order chi connectivity index (χ1) is 6.54. The fourth-order valence-electron chi connectivity index (χ4n) is 1.08. The standard InChI is InChI=1S/C10H13NO3/c1-4-7-5-9(12)8(6-11(2)3)10(13)14-7/h5-6H,4H2,1-3H3. The predicted octanol–water partition coefficient (Wildman–Crippen LogP) is 0.852. The van der Waals surface area contributed by atoms with Crippen LogP contribution in [0.5, 0.6) is 0 Å². The Kier molecular flexibility index (Phi) is 3.06. The molecule has 0 saturated heterocycles. The van der Waals surface area contributed by atoms with E-state index in [-0.39, 0.29) is 11.4 Å². The van der Waals surface area contributed by atoms with Gasteiger partial charge < -0.3 is 9.64 Å². The molecule has 1 aliphatic heterocycles.